The van der Waals surface area contributed by atoms with Gasteiger partial charge in [-0.3, -0.25) is 4.79 Å². The summed E-state index contributed by atoms with van der Waals surface area (Å²) >= 11 is 0. The van der Waals surface area contributed by atoms with Gasteiger partial charge in [0.25, 0.3) is 0 Å². The van der Waals surface area contributed by atoms with Crippen molar-refractivity contribution in [2.75, 3.05) is 14.2 Å². The molecule has 6 nitrogen and oxygen atoms in total. The summed E-state index contributed by atoms with van der Waals surface area (Å²) in [6.45, 7) is 6.12. The van der Waals surface area contributed by atoms with E-state index in [1.54, 1.807) is 24.1 Å². The van der Waals surface area contributed by atoms with Crippen molar-refractivity contribution < 1.29 is 18.8 Å². The van der Waals surface area contributed by atoms with Crippen LogP contribution in [0.4, 0.5) is 0 Å². The fourth-order valence-corrected chi connectivity index (χ4v) is 2.97. The molecule has 1 aromatic carbocycles. The molecule has 1 amide bonds. The predicted molar refractivity (Wildman–Crippen MR) is 93.3 cm³/mol. The Balaban J connectivity index is 2.12. The highest BCUT2D eigenvalue weighted by Crippen LogP contribution is 2.28. The molecule has 2 aromatic rings. The molecule has 0 unspecified atom stereocenters. The second-order valence-corrected chi connectivity index (χ2v) is 6.08. The van der Waals surface area contributed by atoms with Gasteiger partial charge in [-0.25, -0.2) is 4.79 Å². The number of amides is 1. The first-order valence-corrected chi connectivity index (χ1v) is 8.24. The number of likely N-dealkylation sites (N-methyl/N-ethyl adjacent to an activating group) is 1. The number of aromatic nitrogens is 1. The first-order valence-electron chi connectivity index (χ1n) is 8.24. The number of methoxy groups -OCH3 is 1. The SMILES string of the molecule is CC[C@H](C(=O)N(C)Cc1ccc(C(=O)OC)cc1)c1c(C)noc1C. The summed E-state index contributed by atoms with van der Waals surface area (Å²) in [7, 11) is 3.12. The molecule has 0 saturated heterocycles. The maximum absolute atomic E-state index is 12.9. The van der Waals surface area contributed by atoms with E-state index in [0.717, 1.165) is 16.8 Å². The summed E-state index contributed by atoms with van der Waals surface area (Å²) in [6, 6.07) is 7.05. The Labute approximate surface area is 147 Å². The number of ether oxygens (including phenoxy) is 1. The Kier molecular flexibility index (Phi) is 5.96. The fraction of sp³-hybridized carbons (Fsp3) is 0.421. The van der Waals surface area contributed by atoms with E-state index in [2.05, 4.69) is 9.89 Å². The largest absolute Gasteiger partial charge is 0.465 e. The maximum atomic E-state index is 12.9. The number of carbonyl (C=O) groups excluding carboxylic acids is 2. The third kappa shape index (κ3) is 4.07. The summed E-state index contributed by atoms with van der Waals surface area (Å²) in [5.74, 6) is 0.0634. The highest BCUT2D eigenvalue weighted by molar-refractivity contribution is 5.89. The molecule has 0 saturated carbocycles. The second kappa shape index (κ2) is 7.96. The molecule has 0 aliphatic rings. The van der Waals surface area contributed by atoms with Crippen molar-refractivity contribution in [2.24, 2.45) is 0 Å². The van der Waals surface area contributed by atoms with Crippen LogP contribution in [0.1, 0.15) is 52.2 Å². The van der Waals surface area contributed by atoms with Gasteiger partial charge in [0, 0.05) is 19.2 Å². The Morgan fingerprint density at radius 1 is 1.24 bits per heavy atom. The van der Waals surface area contributed by atoms with Gasteiger partial charge in [0.2, 0.25) is 5.91 Å². The zero-order chi connectivity index (χ0) is 18.6. The third-order valence-corrected chi connectivity index (χ3v) is 4.31. The van der Waals surface area contributed by atoms with E-state index in [4.69, 9.17) is 4.52 Å². The molecule has 0 bridgehead atoms. The van der Waals surface area contributed by atoms with Crippen LogP contribution in [0.5, 0.6) is 0 Å². The molecule has 1 atom stereocenters. The molecule has 0 aliphatic carbocycles. The van der Waals surface area contributed by atoms with Crippen LogP contribution < -0.4 is 0 Å². The topological polar surface area (TPSA) is 72.6 Å². The second-order valence-electron chi connectivity index (χ2n) is 6.08. The Morgan fingerprint density at radius 2 is 1.88 bits per heavy atom. The molecule has 0 N–H and O–H groups in total. The van der Waals surface area contributed by atoms with Gasteiger partial charge in [-0.1, -0.05) is 24.2 Å². The Bertz CT molecular complexity index is 730. The monoisotopic (exact) mass is 344 g/mol. The summed E-state index contributed by atoms with van der Waals surface area (Å²) in [5, 5.41) is 3.96. The smallest absolute Gasteiger partial charge is 0.337 e. The molecular weight excluding hydrogens is 320 g/mol. The molecule has 6 heteroatoms. The van der Waals surface area contributed by atoms with Gasteiger partial charge >= 0.3 is 5.97 Å². The minimum absolute atomic E-state index is 0.0222. The number of rotatable bonds is 6. The molecule has 134 valence electrons. The lowest BCUT2D eigenvalue weighted by Crippen LogP contribution is -2.31. The zero-order valence-electron chi connectivity index (χ0n) is 15.3. The molecule has 1 aromatic heterocycles. The minimum atomic E-state index is -0.375. The van der Waals surface area contributed by atoms with Crippen molar-refractivity contribution in [1.29, 1.82) is 0 Å². The molecule has 25 heavy (non-hydrogen) atoms. The van der Waals surface area contributed by atoms with E-state index in [9.17, 15) is 9.59 Å². The number of nitrogens with zero attached hydrogens (tertiary/aromatic N) is 2. The number of benzene rings is 1. The van der Waals surface area contributed by atoms with Crippen LogP contribution in [0.3, 0.4) is 0 Å². The lowest BCUT2D eigenvalue weighted by molar-refractivity contribution is -0.132. The molecular formula is C19H24N2O4. The van der Waals surface area contributed by atoms with Gasteiger partial charge < -0.3 is 14.2 Å². The van der Waals surface area contributed by atoms with Crippen LogP contribution in [0.25, 0.3) is 0 Å². The van der Waals surface area contributed by atoms with E-state index < -0.39 is 0 Å². The number of hydrogen-bond donors (Lipinski definition) is 0. The fourth-order valence-electron chi connectivity index (χ4n) is 2.97. The molecule has 1 heterocycles. The lowest BCUT2D eigenvalue weighted by atomic mass is 9.93. The van der Waals surface area contributed by atoms with E-state index >= 15 is 0 Å². The van der Waals surface area contributed by atoms with Crippen LogP contribution in [-0.2, 0) is 16.1 Å². The van der Waals surface area contributed by atoms with Crippen LogP contribution in [0.2, 0.25) is 0 Å². The highest BCUT2D eigenvalue weighted by atomic mass is 16.5. The minimum Gasteiger partial charge on any atom is -0.465 e. The summed E-state index contributed by atoms with van der Waals surface area (Å²) in [4.78, 5) is 26.0. The Hall–Kier alpha value is -2.63. The van der Waals surface area contributed by atoms with E-state index in [-0.39, 0.29) is 17.8 Å². The van der Waals surface area contributed by atoms with Crippen molar-refractivity contribution in [1.82, 2.24) is 10.1 Å². The van der Waals surface area contributed by atoms with Gasteiger partial charge in [0.1, 0.15) is 5.76 Å². The molecule has 0 radical (unpaired) electrons. The first kappa shape index (κ1) is 18.7. The zero-order valence-corrected chi connectivity index (χ0v) is 15.3. The van der Waals surface area contributed by atoms with Crippen molar-refractivity contribution in [3.05, 3.63) is 52.4 Å². The number of carbonyl (C=O) groups is 2. The predicted octanol–water partition coefficient (Wildman–Crippen LogP) is 3.23. The number of esters is 1. The van der Waals surface area contributed by atoms with Crippen LogP contribution >= 0.6 is 0 Å². The van der Waals surface area contributed by atoms with Gasteiger partial charge in [-0.15, -0.1) is 0 Å². The molecule has 0 spiro atoms. The van der Waals surface area contributed by atoms with Gasteiger partial charge in [-0.2, -0.15) is 0 Å². The van der Waals surface area contributed by atoms with E-state index in [1.807, 2.05) is 32.9 Å². The molecule has 2 rings (SSSR count). The summed E-state index contributed by atoms with van der Waals surface area (Å²) in [5.41, 5.74) is 3.06. The van der Waals surface area contributed by atoms with Crippen LogP contribution in [0.15, 0.2) is 28.8 Å². The normalized spacial score (nSPS) is 11.9. The molecule has 0 fully saturated rings. The maximum Gasteiger partial charge on any atom is 0.337 e. The summed E-state index contributed by atoms with van der Waals surface area (Å²) in [6.07, 6.45) is 0.674. The van der Waals surface area contributed by atoms with Crippen molar-refractivity contribution in [3.63, 3.8) is 0 Å². The lowest BCUT2D eigenvalue weighted by Gasteiger charge is -2.23. The molecule has 0 aliphatic heterocycles. The number of hydrogen-bond acceptors (Lipinski definition) is 5. The number of aryl methyl sites for hydroxylation is 2. The summed E-state index contributed by atoms with van der Waals surface area (Å²) < 4.78 is 9.89. The van der Waals surface area contributed by atoms with Gasteiger partial charge in [0.05, 0.1) is 24.3 Å². The van der Waals surface area contributed by atoms with Crippen molar-refractivity contribution in [3.8, 4) is 0 Å². The highest BCUT2D eigenvalue weighted by Gasteiger charge is 2.28. The van der Waals surface area contributed by atoms with Crippen LogP contribution in [0, 0.1) is 13.8 Å². The van der Waals surface area contributed by atoms with Crippen molar-refractivity contribution in [2.45, 2.75) is 39.7 Å². The standard InChI is InChI=1S/C19H24N2O4/c1-6-16(17-12(2)20-25-13(17)3)18(22)21(4)11-14-7-9-15(10-8-14)19(23)24-5/h7-10,16H,6,11H2,1-5H3/t16-/m0/s1. The van der Waals surface area contributed by atoms with Gasteiger partial charge in [0.15, 0.2) is 0 Å². The van der Waals surface area contributed by atoms with Crippen LogP contribution in [-0.4, -0.2) is 36.1 Å². The average molecular weight is 344 g/mol. The van der Waals surface area contributed by atoms with E-state index in [0.29, 0.717) is 24.3 Å². The van der Waals surface area contributed by atoms with E-state index in [1.165, 1.54) is 7.11 Å². The third-order valence-electron chi connectivity index (χ3n) is 4.31. The average Bonchev–Trinajstić information content (AvgIpc) is 2.94. The van der Waals surface area contributed by atoms with Crippen molar-refractivity contribution >= 4 is 11.9 Å². The van der Waals surface area contributed by atoms with Gasteiger partial charge in [-0.05, 0) is 38.0 Å². The quantitative estimate of drug-likeness (QED) is 0.752. The Morgan fingerprint density at radius 3 is 2.36 bits per heavy atom. The first-order chi connectivity index (χ1) is 11.9.